The van der Waals surface area contributed by atoms with Crippen LogP contribution in [0.2, 0.25) is 0 Å². The number of rotatable bonds is 1. The molecule has 1 aromatic rings. The van der Waals surface area contributed by atoms with Crippen molar-refractivity contribution in [2.24, 2.45) is 5.92 Å². The van der Waals surface area contributed by atoms with Gasteiger partial charge >= 0.3 is 0 Å². The molecule has 16 heavy (non-hydrogen) atoms. The summed E-state index contributed by atoms with van der Waals surface area (Å²) >= 11 is 3.14. The van der Waals surface area contributed by atoms with E-state index in [0.717, 1.165) is 4.31 Å². The minimum Gasteiger partial charge on any atom is -0.267 e. The largest absolute Gasteiger partial charge is 0.267 e. The van der Waals surface area contributed by atoms with Crippen LogP contribution in [0.1, 0.15) is 6.92 Å². The smallest absolute Gasteiger partial charge is 0.235 e. The molecule has 0 aliphatic carbocycles. The van der Waals surface area contributed by atoms with Crippen molar-refractivity contribution >= 4 is 31.6 Å². The molecule has 1 aliphatic heterocycles. The summed E-state index contributed by atoms with van der Waals surface area (Å²) < 4.78 is 38.9. The van der Waals surface area contributed by atoms with E-state index in [-0.39, 0.29) is 17.4 Å². The van der Waals surface area contributed by atoms with Gasteiger partial charge in [-0.1, -0.05) is 22.9 Å². The first-order valence-corrected chi connectivity index (χ1v) is 7.26. The molecule has 0 amide bonds. The lowest BCUT2D eigenvalue weighted by molar-refractivity contribution is 0.594. The molecular weight excluding hydrogens is 297 g/mol. The Morgan fingerprint density at radius 1 is 1.50 bits per heavy atom. The molecule has 0 radical (unpaired) electrons. The monoisotopic (exact) mass is 307 g/mol. The fourth-order valence-electron chi connectivity index (χ4n) is 1.83. The summed E-state index contributed by atoms with van der Waals surface area (Å²) in [7, 11) is -3.35. The second kappa shape index (κ2) is 4.00. The van der Waals surface area contributed by atoms with E-state index in [1.807, 2.05) is 6.92 Å². The maximum absolute atomic E-state index is 13.6. The van der Waals surface area contributed by atoms with Crippen LogP contribution in [-0.2, 0) is 10.0 Å². The third kappa shape index (κ3) is 2.08. The Bertz CT molecular complexity index is 518. The third-order valence-corrected chi connectivity index (χ3v) is 4.99. The van der Waals surface area contributed by atoms with Crippen molar-refractivity contribution in [3.63, 3.8) is 0 Å². The van der Waals surface area contributed by atoms with E-state index < -0.39 is 15.8 Å². The lowest BCUT2D eigenvalue weighted by atomic mass is 10.2. The van der Waals surface area contributed by atoms with E-state index in [9.17, 15) is 12.8 Å². The van der Waals surface area contributed by atoms with Crippen molar-refractivity contribution in [3.05, 3.63) is 28.5 Å². The molecule has 1 heterocycles. The summed E-state index contributed by atoms with van der Waals surface area (Å²) in [6.45, 7) is 2.19. The van der Waals surface area contributed by atoms with E-state index in [0.29, 0.717) is 11.0 Å². The fourth-order valence-corrected chi connectivity index (χ4v) is 4.10. The predicted octanol–water partition coefficient (Wildman–Crippen LogP) is 2.37. The fraction of sp³-hybridized carbons (Fsp3) is 0.400. The van der Waals surface area contributed by atoms with Gasteiger partial charge in [0.25, 0.3) is 0 Å². The first kappa shape index (κ1) is 11.9. The van der Waals surface area contributed by atoms with Gasteiger partial charge in [-0.3, -0.25) is 4.31 Å². The highest BCUT2D eigenvalue weighted by Gasteiger charge is 2.34. The highest BCUT2D eigenvalue weighted by molar-refractivity contribution is 9.10. The Morgan fingerprint density at radius 3 is 2.69 bits per heavy atom. The second-order valence-electron chi connectivity index (χ2n) is 4.01. The molecule has 0 N–H and O–H groups in total. The summed E-state index contributed by atoms with van der Waals surface area (Å²) in [4.78, 5) is 0. The van der Waals surface area contributed by atoms with Crippen LogP contribution in [0, 0.1) is 11.7 Å². The van der Waals surface area contributed by atoms with Crippen molar-refractivity contribution < 1.29 is 12.8 Å². The zero-order valence-electron chi connectivity index (χ0n) is 8.65. The molecule has 1 unspecified atom stereocenters. The topological polar surface area (TPSA) is 37.4 Å². The summed E-state index contributed by atoms with van der Waals surface area (Å²) in [6.07, 6.45) is 0. The van der Waals surface area contributed by atoms with E-state index in [1.165, 1.54) is 12.1 Å². The number of anilines is 1. The van der Waals surface area contributed by atoms with Crippen LogP contribution in [0.5, 0.6) is 0 Å². The summed E-state index contributed by atoms with van der Waals surface area (Å²) in [5.74, 6) is -0.400. The summed E-state index contributed by atoms with van der Waals surface area (Å²) in [6, 6.07) is 4.39. The minimum atomic E-state index is -3.35. The molecule has 1 atom stereocenters. The molecule has 0 aromatic heterocycles. The minimum absolute atomic E-state index is 0.0352. The standard InChI is InChI=1S/C10H11BrFNO2S/c1-7-5-13(16(14,15)6-7)10-3-2-8(11)4-9(10)12/h2-4,7H,5-6H2,1H3. The highest BCUT2D eigenvalue weighted by Crippen LogP contribution is 2.30. The van der Waals surface area contributed by atoms with Gasteiger partial charge in [-0.05, 0) is 24.1 Å². The molecule has 1 fully saturated rings. The van der Waals surface area contributed by atoms with Gasteiger partial charge in [0.1, 0.15) is 5.82 Å². The van der Waals surface area contributed by atoms with Crippen LogP contribution < -0.4 is 4.31 Å². The van der Waals surface area contributed by atoms with Crippen LogP contribution in [0.15, 0.2) is 22.7 Å². The van der Waals surface area contributed by atoms with Crippen LogP contribution in [0.4, 0.5) is 10.1 Å². The van der Waals surface area contributed by atoms with Crippen molar-refractivity contribution in [3.8, 4) is 0 Å². The lowest BCUT2D eigenvalue weighted by Gasteiger charge is -2.17. The third-order valence-electron chi connectivity index (χ3n) is 2.49. The van der Waals surface area contributed by atoms with Gasteiger partial charge in [0.2, 0.25) is 10.0 Å². The van der Waals surface area contributed by atoms with Gasteiger partial charge in [-0.2, -0.15) is 0 Å². The summed E-state index contributed by atoms with van der Waals surface area (Å²) in [5.41, 5.74) is 0.132. The van der Waals surface area contributed by atoms with Crippen molar-refractivity contribution in [2.75, 3.05) is 16.6 Å². The van der Waals surface area contributed by atoms with Gasteiger partial charge in [-0.25, -0.2) is 12.8 Å². The van der Waals surface area contributed by atoms with Gasteiger partial charge in [-0.15, -0.1) is 0 Å². The summed E-state index contributed by atoms with van der Waals surface area (Å²) in [5, 5.41) is 0. The molecule has 6 heteroatoms. The Hall–Kier alpha value is -0.620. The molecule has 2 rings (SSSR count). The molecule has 0 bridgehead atoms. The van der Waals surface area contributed by atoms with E-state index in [2.05, 4.69) is 15.9 Å². The number of halogens is 2. The second-order valence-corrected chi connectivity index (χ2v) is 6.86. The maximum Gasteiger partial charge on any atom is 0.235 e. The zero-order chi connectivity index (χ0) is 11.9. The van der Waals surface area contributed by atoms with Crippen LogP contribution >= 0.6 is 15.9 Å². The lowest BCUT2D eigenvalue weighted by Crippen LogP contribution is -2.26. The highest BCUT2D eigenvalue weighted by atomic mass is 79.9. The Kier molecular flexibility index (Phi) is 2.96. The molecule has 0 spiro atoms. The van der Waals surface area contributed by atoms with E-state index in [4.69, 9.17) is 0 Å². The molecule has 1 saturated heterocycles. The number of sulfonamides is 1. The normalized spacial score (nSPS) is 23.7. The molecule has 3 nitrogen and oxygen atoms in total. The van der Waals surface area contributed by atoms with Gasteiger partial charge < -0.3 is 0 Å². The predicted molar refractivity (Wildman–Crippen MR) is 64.4 cm³/mol. The Morgan fingerprint density at radius 2 is 2.19 bits per heavy atom. The Balaban J connectivity index is 2.45. The molecule has 1 aliphatic rings. The number of hydrogen-bond acceptors (Lipinski definition) is 2. The van der Waals surface area contributed by atoms with Crippen LogP contribution in [0.3, 0.4) is 0 Å². The van der Waals surface area contributed by atoms with Crippen molar-refractivity contribution in [1.29, 1.82) is 0 Å². The average molecular weight is 308 g/mol. The number of benzene rings is 1. The number of hydrogen-bond donors (Lipinski definition) is 0. The molecule has 1 aromatic carbocycles. The maximum atomic E-state index is 13.6. The van der Waals surface area contributed by atoms with E-state index in [1.54, 1.807) is 6.07 Å². The molecule has 88 valence electrons. The number of nitrogens with zero attached hydrogens (tertiary/aromatic N) is 1. The van der Waals surface area contributed by atoms with Gasteiger partial charge in [0.15, 0.2) is 0 Å². The van der Waals surface area contributed by atoms with Gasteiger partial charge in [0, 0.05) is 11.0 Å². The van der Waals surface area contributed by atoms with Crippen molar-refractivity contribution in [2.45, 2.75) is 6.92 Å². The average Bonchev–Trinajstić information content (AvgIpc) is 2.39. The first-order valence-electron chi connectivity index (χ1n) is 4.85. The molecule has 0 saturated carbocycles. The van der Waals surface area contributed by atoms with E-state index >= 15 is 0 Å². The SMILES string of the molecule is CC1CN(c2ccc(Br)cc2F)S(=O)(=O)C1. The van der Waals surface area contributed by atoms with Gasteiger partial charge in [0.05, 0.1) is 11.4 Å². The Labute approximate surface area is 102 Å². The van der Waals surface area contributed by atoms with Crippen LogP contribution in [-0.4, -0.2) is 20.7 Å². The first-order chi connectivity index (χ1) is 7.40. The quantitative estimate of drug-likeness (QED) is 0.799. The zero-order valence-corrected chi connectivity index (χ0v) is 11.1. The van der Waals surface area contributed by atoms with Crippen molar-refractivity contribution in [1.82, 2.24) is 0 Å². The van der Waals surface area contributed by atoms with Crippen LogP contribution in [0.25, 0.3) is 0 Å². The molecular formula is C10H11BrFNO2S.